The molecule has 2 unspecified atom stereocenters. The summed E-state index contributed by atoms with van der Waals surface area (Å²) in [5.74, 6) is -0.239. The number of rotatable bonds is 4. The maximum absolute atomic E-state index is 13.4. The van der Waals surface area contributed by atoms with E-state index >= 15 is 0 Å². The average molecular weight is 281 g/mol. The van der Waals surface area contributed by atoms with Gasteiger partial charge in [-0.2, -0.15) is 0 Å². The minimum absolute atomic E-state index is 0.153. The minimum atomic E-state index is -0.954. The Labute approximate surface area is 114 Å². The van der Waals surface area contributed by atoms with E-state index in [9.17, 15) is 13.2 Å². The van der Waals surface area contributed by atoms with Crippen LogP contribution >= 0.6 is 0 Å². The van der Waals surface area contributed by atoms with Crippen LogP contribution in [0, 0.1) is 23.4 Å². The van der Waals surface area contributed by atoms with Gasteiger partial charge in [0.2, 0.25) is 0 Å². The standard InChI is InChI=1S/C15H14F3NO/c1-8-4-11(8)14-3-2-10(20-14)7-19-15-12(17)5-9(16)6-13(15)18/h2-3,5-6,8,11,19H,4,7H2,1H3. The zero-order valence-electron chi connectivity index (χ0n) is 10.9. The Balaban J connectivity index is 1.69. The molecule has 106 valence electrons. The average Bonchev–Trinajstić information content (AvgIpc) is 2.92. The number of hydrogen-bond donors (Lipinski definition) is 1. The summed E-state index contributed by atoms with van der Waals surface area (Å²) in [5.41, 5.74) is -0.343. The van der Waals surface area contributed by atoms with Crippen LogP contribution in [0.1, 0.15) is 30.8 Å². The Morgan fingerprint density at radius 1 is 1.20 bits per heavy atom. The van der Waals surface area contributed by atoms with Gasteiger partial charge in [0.05, 0.1) is 6.54 Å². The van der Waals surface area contributed by atoms with Gasteiger partial charge in [-0.25, -0.2) is 13.2 Å². The van der Waals surface area contributed by atoms with E-state index in [2.05, 4.69) is 12.2 Å². The van der Waals surface area contributed by atoms with Crippen LogP contribution in [0.5, 0.6) is 0 Å². The molecule has 1 N–H and O–H groups in total. The molecule has 2 nitrogen and oxygen atoms in total. The third-order valence-corrected chi connectivity index (χ3v) is 3.60. The first kappa shape index (κ1) is 13.1. The second-order valence-electron chi connectivity index (χ2n) is 5.22. The molecule has 0 aliphatic heterocycles. The van der Waals surface area contributed by atoms with E-state index in [4.69, 9.17) is 4.42 Å². The summed E-state index contributed by atoms with van der Waals surface area (Å²) in [4.78, 5) is 0. The first-order chi connectivity index (χ1) is 9.54. The molecule has 20 heavy (non-hydrogen) atoms. The predicted octanol–water partition coefficient (Wildman–Crippen LogP) is 4.43. The third-order valence-electron chi connectivity index (χ3n) is 3.60. The molecule has 1 aliphatic carbocycles. The summed E-state index contributed by atoms with van der Waals surface area (Å²) in [6, 6.07) is 4.96. The minimum Gasteiger partial charge on any atom is -0.464 e. The van der Waals surface area contributed by atoms with Crippen LogP contribution in [0.2, 0.25) is 0 Å². The van der Waals surface area contributed by atoms with Crippen LogP contribution in [0.25, 0.3) is 0 Å². The fraction of sp³-hybridized carbons (Fsp3) is 0.333. The number of hydrogen-bond acceptors (Lipinski definition) is 2. The molecule has 5 heteroatoms. The number of anilines is 1. The van der Waals surface area contributed by atoms with Crippen LogP contribution in [0.3, 0.4) is 0 Å². The van der Waals surface area contributed by atoms with Crippen LogP contribution in [0.4, 0.5) is 18.9 Å². The maximum Gasteiger partial charge on any atom is 0.152 e. The highest BCUT2D eigenvalue weighted by Gasteiger charge is 2.36. The van der Waals surface area contributed by atoms with Crippen molar-refractivity contribution in [3.05, 3.63) is 53.2 Å². The van der Waals surface area contributed by atoms with Crippen LogP contribution in [-0.4, -0.2) is 0 Å². The lowest BCUT2D eigenvalue weighted by Crippen LogP contribution is -2.03. The summed E-state index contributed by atoms with van der Waals surface area (Å²) < 4.78 is 45.3. The Bertz CT molecular complexity index is 615. The lowest BCUT2D eigenvalue weighted by Gasteiger charge is -2.07. The van der Waals surface area contributed by atoms with E-state index in [0.717, 1.165) is 12.2 Å². The summed E-state index contributed by atoms with van der Waals surface area (Å²) in [5, 5.41) is 2.60. The highest BCUT2D eigenvalue weighted by molar-refractivity contribution is 5.46. The molecule has 3 rings (SSSR count). The molecule has 2 aromatic rings. The topological polar surface area (TPSA) is 25.2 Å². The maximum atomic E-state index is 13.4. The zero-order chi connectivity index (χ0) is 14.3. The zero-order valence-corrected chi connectivity index (χ0v) is 10.9. The molecular formula is C15H14F3NO. The summed E-state index contributed by atoms with van der Waals surface area (Å²) in [7, 11) is 0. The van der Waals surface area contributed by atoms with Gasteiger partial charge in [-0.3, -0.25) is 0 Å². The van der Waals surface area contributed by atoms with Crippen LogP contribution < -0.4 is 5.32 Å². The molecular weight excluding hydrogens is 267 g/mol. The monoisotopic (exact) mass is 281 g/mol. The molecule has 1 saturated carbocycles. The SMILES string of the molecule is CC1CC1c1ccc(CNc2c(F)cc(F)cc2F)o1. The molecule has 0 bridgehead atoms. The lowest BCUT2D eigenvalue weighted by atomic mass is 10.2. The van der Waals surface area contributed by atoms with Gasteiger partial charge in [-0.1, -0.05) is 6.92 Å². The molecule has 0 amide bonds. The van der Waals surface area contributed by atoms with E-state index in [1.165, 1.54) is 0 Å². The second-order valence-corrected chi connectivity index (χ2v) is 5.22. The Hall–Kier alpha value is -1.91. The molecule has 1 heterocycles. The summed E-state index contributed by atoms with van der Waals surface area (Å²) >= 11 is 0. The molecule has 2 atom stereocenters. The number of nitrogens with one attached hydrogen (secondary N) is 1. The van der Waals surface area contributed by atoms with Crippen molar-refractivity contribution in [2.45, 2.75) is 25.8 Å². The van der Waals surface area contributed by atoms with E-state index in [1.54, 1.807) is 6.07 Å². The van der Waals surface area contributed by atoms with Gasteiger partial charge in [-0.15, -0.1) is 0 Å². The molecule has 0 radical (unpaired) electrons. The second kappa shape index (κ2) is 4.89. The Morgan fingerprint density at radius 2 is 1.85 bits per heavy atom. The van der Waals surface area contributed by atoms with E-state index < -0.39 is 17.5 Å². The van der Waals surface area contributed by atoms with E-state index in [-0.39, 0.29) is 12.2 Å². The van der Waals surface area contributed by atoms with Gasteiger partial charge in [0.15, 0.2) is 11.6 Å². The van der Waals surface area contributed by atoms with Crippen molar-refractivity contribution in [3.8, 4) is 0 Å². The van der Waals surface area contributed by atoms with Crippen molar-refractivity contribution in [2.24, 2.45) is 5.92 Å². The van der Waals surface area contributed by atoms with Crippen molar-refractivity contribution in [3.63, 3.8) is 0 Å². The number of halogens is 3. The fourth-order valence-corrected chi connectivity index (χ4v) is 2.29. The highest BCUT2D eigenvalue weighted by atomic mass is 19.1. The first-order valence-electron chi connectivity index (χ1n) is 6.51. The quantitative estimate of drug-likeness (QED) is 0.896. The van der Waals surface area contributed by atoms with Gasteiger partial charge in [0.1, 0.15) is 23.0 Å². The normalized spacial score (nSPS) is 21.0. The van der Waals surface area contributed by atoms with Crippen molar-refractivity contribution in [1.82, 2.24) is 0 Å². The van der Waals surface area contributed by atoms with E-state index in [0.29, 0.717) is 29.7 Å². The van der Waals surface area contributed by atoms with Gasteiger partial charge in [0, 0.05) is 18.1 Å². The molecule has 1 fully saturated rings. The van der Waals surface area contributed by atoms with Crippen molar-refractivity contribution < 1.29 is 17.6 Å². The van der Waals surface area contributed by atoms with Crippen molar-refractivity contribution >= 4 is 5.69 Å². The first-order valence-corrected chi connectivity index (χ1v) is 6.51. The third kappa shape index (κ3) is 2.53. The van der Waals surface area contributed by atoms with Gasteiger partial charge >= 0.3 is 0 Å². The number of benzene rings is 1. The van der Waals surface area contributed by atoms with Gasteiger partial charge < -0.3 is 9.73 Å². The molecule has 1 aliphatic rings. The smallest absolute Gasteiger partial charge is 0.152 e. The van der Waals surface area contributed by atoms with Gasteiger partial charge in [0.25, 0.3) is 0 Å². The largest absolute Gasteiger partial charge is 0.464 e. The van der Waals surface area contributed by atoms with Crippen LogP contribution in [0.15, 0.2) is 28.7 Å². The summed E-state index contributed by atoms with van der Waals surface area (Å²) in [6.07, 6.45) is 1.11. The van der Waals surface area contributed by atoms with Crippen molar-refractivity contribution in [1.29, 1.82) is 0 Å². The number of furan rings is 1. The molecule has 1 aromatic heterocycles. The van der Waals surface area contributed by atoms with Crippen molar-refractivity contribution in [2.75, 3.05) is 5.32 Å². The lowest BCUT2D eigenvalue weighted by molar-refractivity contribution is 0.466. The molecule has 1 aromatic carbocycles. The Kier molecular flexibility index (Phi) is 3.20. The summed E-state index contributed by atoms with van der Waals surface area (Å²) in [6.45, 7) is 2.30. The molecule has 0 saturated heterocycles. The van der Waals surface area contributed by atoms with Gasteiger partial charge in [-0.05, 0) is 24.5 Å². The van der Waals surface area contributed by atoms with E-state index in [1.807, 2.05) is 6.07 Å². The van der Waals surface area contributed by atoms with Crippen LogP contribution in [-0.2, 0) is 6.54 Å². The highest BCUT2D eigenvalue weighted by Crippen LogP contribution is 2.47. The Morgan fingerprint density at radius 3 is 2.45 bits per heavy atom. The molecule has 0 spiro atoms. The predicted molar refractivity (Wildman–Crippen MR) is 68.9 cm³/mol. The fourth-order valence-electron chi connectivity index (χ4n) is 2.29.